The maximum Gasteiger partial charge on any atom is 0.241 e. The molecule has 1 atom stereocenters. The molecule has 3 N–H and O–H groups in total. The molecule has 4 nitrogen and oxygen atoms in total. The van der Waals surface area contributed by atoms with E-state index in [2.05, 4.69) is 11.6 Å². The number of thioether (sulfide) groups is 1. The summed E-state index contributed by atoms with van der Waals surface area (Å²) in [5, 5.41) is 1.95. The summed E-state index contributed by atoms with van der Waals surface area (Å²) < 4.78 is 27.6. The Morgan fingerprint density at radius 3 is 2.76 bits per heavy atom. The summed E-state index contributed by atoms with van der Waals surface area (Å²) >= 11 is 1.73. The van der Waals surface area contributed by atoms with E-state index in [1.54, 1.807) is 42.1 Å². The van der Waals surface area contributed by atoms with Crippen LogP contribution in [0.15, 0.2) is 41.3 Å². The van der Waals surface area contributed by atoms with Crippen LogP contribution in [-0.2, 0) is 10.0 Å². The van der Waals surface area contributed by atoms with Crippen molar-refractivity contribution in [3.8, 4) is 0 Å². The Hall–Kier alpha value is -1.24. The predicted octanol–water partition coefficient (Wildman–Crippen LogP) is 2.84. The van der Waals surface area contributed by atoms with E-state index in [1.165, 1.54) is 0 Å². The Labute approximate surface area is 130 Å². The van der Waals surface area contributed by atoms with E-state index in [1.807, 2.05) is 12.3 Å². The molecule has 21 heavy (non-hydrogen) atoms. The van der Waals surface area contributed by atoms with Crippen LogP contribution in [-0.4, -0.2) is 26.5 Å². The minimum Gasteiger partial charge on any atom is -0.399 e. The third-order valence-corrected chi connectivity index (χ3v) is 5.96. The highest BCUT2D eigenvalue weighted by atomic mass is 32.2. The van der Waals surface area contributed by atoms with E-state index in [4.69, 9.17) is 5.73 Å². The van der Waals surface area contributed by atoms with Crippen molar-refractivity contribution in [1.29, 1.82) is 0 Å². The topological polar surface area (TPSA) is 72.2 Å². The number of nitrogens with two attached hydrogens (primary N) is 1. The van der Waals surface area contributed by atoms with Gasteiger partial charge in [-0.25, -0.2) is 13.1 Å². The molecule has 0 spiro atoms. The standard InChI is InChI=1S/C15H20N2O2S2/c1-11(20-2)8-9-17-21(18,19)15-5-3-4-12-10-13(16)6-7-14(12)15/h3-7,10-11,17H,8-9,16H2,1-2H3. The van der Waals surface area contributed by atoms with Crippen LogP contribution in [0.25, 0.3) is 10.8 Å². The van der Waals surface area contributed by atoms with Crippen LogP contribution in [0, 0.1) is 0 Å². The number of fused-ring (bicyclic) bond motifs is 1. The van der Waals surface area contributed by atoms with Gasteiger partial charge in [0, 0.05) is 22.9 Å². The zero-order valence-electron chi connectivity index (χ0n) is 12.2. The summed E-state index contributed by atoms with van der Waals surface area (Å²) in [5.74, 6) is 0. The number of sulfonamides is 1. The molecule has 0 aliphatic carbocycles. The van der Waals surface area contributed by atoms with Crippen molar-refractivity contribution in [3.63, 3.8) is 0 Å². The Kier molecular flexibility index (Phi) is 5.13. The second kappa shape index (κ2) is 6.68. The van der Waals surface area contributed by atoms with Crippen LogP contribution >= 0.6 is 11.8 Å². The number of nitrogen functional groups attached to an aromatic ring is 1. The van der Waals surface area contributed by atoms with E-state index in [9.17, 15) is 8.42 Å². The second-order valence-corrected chi connectivity index (χ2v) is 7.98. The van der Waals surface area contributed by atoms with Crippen molar-refractivity contribution in [2.24, 2.45) is 0 Å². The van der Waals surface area contributed by atoms with Crippen molar-refractivity contribution < 1.29 is 8.42 Å². The minimum atomic E-state index is -3.50. The minimum absolute atomic E-state index is 0.303. The summed E-state index contributed by atoms with van der Waals surface area (Å²) in [6.07, 6.45) is 2.83. The van der Waals surface area contributed by atoms with Crippen molar-refractivity contribution in [3.05, 3.63) is 36.4 Å². The van der Waals surface area contributed by atoms with Crippen LogP contribution in [0.2, 0.25) is 0 Å². The maximum absolute atomic E-state index is 12.5. The molecule has 0 heterocycles. The lowest BCUT2D eigenvalue weighted by Crippen LogP contribution is -2.26. The lowest BCUT2D eigenvalue weighted by Gasteiger charge is -2.12. The maximum atomic E-state index is 12.5. The summed E-state index contributed by atoms with van der Waals surface area (Å²) in [6.45, 7) is 2.52. The molecule has 0 aliphatic heterocycles. The molecule has 0 saturated carbocycles. The van der Waals surface area contributed by atoms with Crippen molar-refractivity contribution in [2.45, 2.75) is 23.5 Å². The number of anilines is 1. The SMILES string of the molecule is CSC(C)CCNS(=O)(=O)c1cccc2cc(N)ccc12. The van der Waals surface area contributed by atoms with Gasteiger partial charge in [-0.3, -0.25) is 0 Å². The lowest BCUT2D eigenvalue weighted by atomic mass is 10.1. The van der Waals surface area contributed by atoms with Gasteiger partial charge in [-0.15, -0.1) is 0 Å². The zero-order chi connectivity index (χ0) is 15.5. The molecular formula is C15H20N2O2S2. The number of benzene rings is 2. The fraction of sp³-hybridized carbons (Fsp3) is 0.333. The van der Waals surface area contributed by atoms with Crippen LogP contribution in [0.4, 0.5) is 5.69 Å². The molecule has 0 saturated heterocycles. The fourth-order valence-electron chi connectivity index (χ4n) is 2.10. The third-order valence-electron chi connectivity index (χ3n) is 3.40. The monoisotopic (exact) mass is 324 g/mol. The molecule has 114 valence electrons. The van der Waals surface area contributed by atoms with Gasteiger partial charge >= 0.3 is 0 Å². The number of hydrogen-bond acceptors (Lipinski definition) is 4. The number of rotatable bonds is 6. The van der Waals surface area contributed by atoms with E-state index < -0.39 is 10.0 Å². The average molecular weight is 324 g/mol. The Morgan fingerprint density at radius 1 is 1.29 bits per heavy atom. The van der Waals surface area contributed by atoms with Gasteiger partial charge in [-0.05, 0) is 36.3 Å². The van der Waals surface area contributed by atoms with Gasteiger partial charge in [0.1, 0.15) is 0 Å². The first-order valence-electron chi connectivity index (χ1n) is 6.75. The molecule has 2 aromatic carbocycles. The summed E-state index contributed by atoms with van der Waals surface area (Å²) in [4.78, 5) is 0.303. The van der Waals surface area contributed by atoms with E-state index in [-0.39, 0.29) is 0 Å². The Balaban J connectivity index is 2.28. The quantitative estimate of drug-likeness (QED) is 0.802. The van der Waals surface area contributed by atoms with Gasteiger partial charge in [-0.2, -0.15) is 11.8 Å². The first-order valence-corrected chi connectivity index (χ1v) is 9.52. The predicted molar refractivity (Wildman–Crippen MR) is 91.1 cm³/mol. The smallest absolute Gasteiger partial charge is 0.241 e. The van der Waals surface area contributed by atoms with Crippen LogP contribution in [0.5, 0.6) is 0 Å². The van der Waals surface area contributed by atoms with Gasteiger partial charge in [0.05, 0.1) is 4.90 Å². The zero-order valence-corrected chi connectivity index (χ0v) is 13.8. The molecule has 0 amide bonds. The Morgan fingerprint density at radius 2 is 2.05 bits per heavy atom. The molecule has 0 radical (unpaired) electrons. The first kappa shape index (κ1) is 16.1. The van der Waals surface area contributed by atoms with Gasteiger partial charge in [0.2, 0.25) is 10.0 Å². The normalized spacial score (nSPS) is 13.4. The molecule has 0 aromatic heterocycles. The largest absolute Gasteiger partial charge is 0.399 e. The molecular weight excluding hydrogens is 304 g/mol. The number of hydrogen-bond donors (Lipinski definition) is 2. The molecule has 2 rings (SSSR count). The van der Waals surface area contributed by atoms with Crippen LogP contribution < -0.4 is 10.5 Å². The second-order valence-electron chi connectivity index (χ2n) is 4.97. The van der Waals surface area contributed by atoms with Crippen molar-refractivity contribution in [1.82, 2.24) is 4.72 Å². The highest BCUT2D eigenvalue weighted by Crippen LogP contribution is 2.24. The highest BCUT2D eigenvalue weighted by Gasteiger charge is 2.17. The van der Waals surface area contributed by atoms with Crippen LogP contribution in [0.1, 0.15) is 13.3 Å². The van der Waals surface area contributed by atoms with Gasteiger partial charge in [-0.1, -0.05) is 25.1 Å². The van der Waals surface area contributed by atoms with Crippen molar-refractivity contribution in [2.75, 3.05) is 18.5 Å². The highest BCUT2D eigenvalue weighted by molar-refractivity contribution is 7.99. The van der Waals surface area contributed by atoms with E-state index in [0.717, 1.165) is 11.8 Å². The van der Waals surface area contributed by atoms with Gasteiger partial charge in [0.15, 0.2) is 0 Å². The number of nitrogens with one attached hydrogen (secondary N) is 1. The Bertz CT molecular complexity index is 730. The first-order chi connectivity index (χ1) is 9.94. The van der Waals surface area contributed by atoms with E-state index in [0.29, 0.717) is 27.8 Å². The van der Waals surface area contributed by atoms with Crippen molar-refractivity contribution >= 4 is 38.2 Å². The van der Waals surface area contributed by atoms with Gasteiger partial charge < -0.3 is 5.73 Å². The summed E-state index contributed by atoms with van der Waals surface area (Å²) in [5.41, 5.74) is 6.37. The third kappa shape index (κ3) is 3.90. The summed E-state index contributed by atoms with van der Waals surface area (Å²) in [7, 11) is -3.50. The summed E-state index contributed by atoms with van der Waals surface area (Å²) in [6, 6.07) is 10.5. The molecule has 6 heteroatoms. The van der Waals surface area contributed by atoms with Gasteiger partial charge in [0.25, 0.3) is 0 Å². The average Bonchev–Trinajstić information content (AvgIpc) is 2.45. The molecule has 1 unspecified atom stereocenters. The molecule has 2 aromatic rings. The molecule has 0 fully saturated rings. The lowest BCUT2D eigenvalue weighted by molar-refractivity contribution is 0.580. The van der Waals surface area contributed by atoms with E-state index >= 15 is 0 Å². The molecule has 0 aliphatic rings. The van der Waals surface area contributed by atoms with Crippen LogP contribution in [0.3, 0.4) is 0 Å². The molecule has 0 bridgehead atoms. The fourth-order valence-corrected chi connectivity index (χ4v) is 3.73.